The number of carbonyl (C=O) groups excluding carboxylic acids is 1. The van der Waals surface area contributed by atoms with Crippen molar-refractivity contribution in [1.82, 2.24) is 15.2 Å². The van der Waals surface area contributed by atoms with Crippen LogP contribution < -0.4 is 5.32 Å². The average Bonchev–Trinajstić information content (AvgIpc) is 2.25. The van der Waals surface area contributed by atoms with E-state index in [1.807, 2.05) is 14.1 Å². The third kappa shape index (κ3) is 4.41. The summed E-state index contributed by atoms with van der Waals surface area (Å²) < 4.78 is 13.3. The fraction of sp³-hybridized carbons (Fsp3) is 0.538. The largest absolute Gasteiger partial charge is 0.351 e. The molecule has 1 heterocycles. The van der Waals surface area contributed by atoms with Crippen LogP contribution in [-0.4, -0.2) is 43.0 Å². The van der Waals surface area contributed by atoms with Crippen LogP contribution >= 0.6 is 0 Å². The van der Waals surface area contributed by atoms with E-state index < -0.39 is 11.7 Å². The molecule has 0 bridgehead atoms. The predicted octanol–water partition coefficient (Wildman–Crippen LogP) is 1.54. The van der Waals surface area contributed by atoms with Gasteiger partial charge in [-0.15, -0.1) is 0 Å². The van der Waals surface area contributed by atoms with E-state index in [9.17, 15) is 9.18 Å². The summed E-state index contributed by atoms with van der Waals surface area (Å²) in [5, 5.41) is 2.75. The van der Waals surface area contributed by atoms with Crippen LogP contribution in [0.25, 0.3) is 0 Å². The molecule has 0 aromatic carbocycles. The first-order valence-corrected chi connectivity index (χ1v) is 5.84. The first kappa shape index (κ1) is 14.6. The van der Waals surface area contributed by atoms with Crippen molar-refractivity contribution in [3.05, 3.63) is 29.8 Å². The Balaban J connectivity index is 2.59. The van der Waals surface area contributed by atoms with E-state index in [1.54, 1.807) is 0 Å². The van der Waals surface area contributed by atoms with Gasteiger partial charge in [0.1, 0.15) is 0 Å². The number of amides is 1. The van der Waals surface area contributed by atoms with E-state index in [0.29, 0.717) is 6.54 Å². The lowest BCUT2D eigenvalue weighted by atomic mass is 9.93. The number of nitrogens with zero attached hydrogens (tertiary/aromatic N) is 2. The van der Waals surface area contributed by atoms with E-state index in [0.717, 1.165) is 12.7 Å². The molecule has 1 rings (SSSR count). The van der Waals surface area contributed by atoms with Gasteiger partial charge in [-0.05, 0) is 25.6 Å². The Morgan fingerprint density at radius 2 is 2.17 bits per heavy atom. The monoisotopic (exact) mass is 253 g/mol. The molecule has 0 spiro atoms. The molecule has 0 unspecified atom stereocenters. The Bertz CT molecular complexity index is 418. The first-order valence-electron chi connectivity index (χ1n) is 5.84. The van der Waals surface area contributed by atoms with Crippen LogP contribution in [0.1, 0.15) is 24.2 Å². The summed E-state index contributed by atoms with van der Waals surface area (Å²) in [6.45, 7) is 5.43. The summed E-state index contributed by atoms with van der Waals surface area (Å²) >= 11 is 0. The van der Waals surface area contributed by atoms with Gasteiger partial charge in [0, 0.05) is 19.3 Å². The smallest absolute Gasteiger partial charge is 0.254 e. The van der Waals surface area contributed by atoms with Crippen molar-refractivity contribution >= 4 is 5.91 Å². The third-order valence-corrected chi connectivity index (χ3v) is 2.49. The van der Waals surface area contributed by atoms with E-state index in [-0.39, 0.29) is 11.0 Å². The summed E-state index contributed by atoms with van der Waals surface area (Å²) in [7, 11) is 3.96. The second-order valence-corrected chi connectivity index (χ2v) is 5.44. The van der Waals surface area contributed by atoms with E-state index in [2.05, 4.69) is 29.0 Å². The molecule has 0 atom stereocenters. The lowest BCUT2D eigenvalue weighted by Gasteiger charge is -2.28. The number of rotatable bonds is 5. The highest BCUT2D eigenvalue weighted by molar-refractivity contribution is 5.94. The van der Waals surface area contributed by atoms with Crippen LogP contribution in [-0.2, 0) is 0 Å². The van der Waals surface area contributed by atoms with Gasteiger partial charge in [-0.25, -0.2) is 4.39 Å². The Kier molecular flexibility index (Phi) is 4.78. The molecule has 100 valence electrons. The van der Waals surface area contributed by atoms with E-state index >= 15 is 0 Å². The van der Waals surface area contributed by atoms with Gasteiger partial charge in [0.05, 0.1) is 11.8 Å². The number of nitrogens with one attached hydrogen (secondary N) is 1. The molecular formula is C13H20FN3O. The van der Waals surface area contributed by atoms with Crippen molar-refractivity contribution < 1.29 is 9.18 Å². The molecule has 0 saturated carbocycles. The normalized spacial score (nSPS) is 11.7. The van der Waals surface area contributed by atoms with Crippen molar-refractivity contribution in [3.8, 4) is 0 Å². The lowest BCUT2D eigenvalue weighted by Crippen LogP contribution is -2.40. The van der Waals surface area contributed by atoms with Crippen LogP contribution in [0.3, 0.4) is 0 Å². The molecule has 4 nitrogen and oxygen atoms in total. The van der Waals surface area contributed by atoms with Crippen LogP contribution in [0.15, 0.2) is 18.5 Å². The fourth-order valence-electron chi connectivity index (χ4n) is 1.89. The highest BCUT2D eigenvalue weighted by Crippen LogP contribution is 2.14. The van der Waals surface area contributed by atoms with Crippen molar-refractivity contribution in [2.24, 2.45) is 5.41 Å². The highest BCUT2D eigenvalue weighted by Gasteiger charge is 2.21. The van der Waals surface area contributed by atoms with Crippen molar-refractivity contribution in [3.63, 3.8) is 0 Å². The number of hydrogen-bond acceptors (Lipinski definition) is 3. The third-order valence-electron chi connectivity index (χ3n) is 2.49. The first-order chi connectivity index (χ1) is 8.32. The Morgan fingerprint density at radius 1 is 1.50 bits per heavy atom. The summed E-state index contributed by atoms with van der Waals surface area (Å²) in [5.74, 6) is -0.998. The summed E-state index contributed by atoms with van der Waals surface area (Å²) in [6.07, 6.45) is 2.45. The van der Waals surface area contributed by atoms with Gasteiger partial charge in [-0.1, -0.05) is 13.8 Å². The lowest BCUT2D eigenvalue weighted by molar-refractivity contribution is 0.0925. The Hall–Kier alpha value is -1.49. The Morgan fingerprint density at radius 3 is 2.72 bits per heavy atom. The van der Waals surface area contributed by atoms with Crippen LogP contribution in [0.5, 0.6) is 0 Å². The standard InChI is InChI=1S/C13H20FN3O/c1-13(2,9-17(3)4)8-16-12(18)10-5-6-15-7-11(10)14/h5-7H,8-9H2,1-4H3,(H,16,18). The highest BCUT2D eigenvalue weighted by atomic mass is 19.1. The fourth-order valence-corrected chi connectivity index (χ4v) is 1.89. The van der Waals surface area contributed by atoms with Gasteiger partial charge >= 0.3 is 0 Å². The van der Waals surface area contributed by atoms with Crippen molar-refractivity contribution in [2.75, 3.05) is 27.2 Å². The molecule has 0 aliphatic heterocycles. The van der Waals surface area contributed by atoms with Crippen LogP contribution in [0.4, 0.5) is 4.39 Å². The minimum atomic E-state index is -0.597. The molecule has 0 saturated heterocycles. The summed E-state index contributed by atoms with van der Waals surface area (Å²) in [5.41, 5.74) is -0.0338. The number of carbonyl (C=O) groups is 1. The van der Waals surface area contributed by atoms with Gasteiger partial charge in [-0.3, -0.25) is 9.78 Å². The van der Waals surface area contributed by atoms with Gasteiger partial charge < -0.3 is 10.2 Å². The second-order valence-electron chi connectivity index (χ2n) is 5.44. The number of pyridine rings is 1. The minimum Gasteiger partial charge on any atom is -0.351 e. The van der Waals surface area contributed by atoms with Crippen LogP contribution in [0.2, 0.25) is 0 Å². The molecule has 0 aliphatic carbocycles. The van der Waals surface area contributed by atoms with Crippen molar-refractivity contribution in [1.29, 1.82) is 0 Å². The SMILES string of the molecule is CN(C)CC(C)(C)CNC(=O)c1ccncc1F. The topological polar surface area (TPSA) is 45.2 Å². The van der Waals surface area contributed by atoms with Gasteiger partial charge in [0.2, 0.25) is 0 Å². The molecule has 5 heteroatoms. The minimum absolute atomic E-state index is 0.0330. The molecule has 0 fully saturated rings. The number of hydrogen-bond donors (Lipinski definition) is 1. The molecule has 1 aromatic heterocycles. The van der Waals surface area contributed by atoms with Gasteiger partial charge in [-0.2, -0.15) is 0 Å². The van der Waals surface area contributed by atoms with Gasteiger partial charge in [0.25, 0.3) is 5.91 Å². The summed E-state index contributed by atoms with van der Waals surface area (Å²) in [6, 6.07) is 1.38. The molecule has 18 heavy (non-hydrogen) atoms. The number of halogens is 1. The predicted molar refractivity (Wildman–Crippen MR) is 68.9 cm³/mol. The number of aromatic nitrogens is 1. The Labute approximate surface area is 107 Å². The van der Waals surface area contributed by atoms with E-state index in [4.69, 9.17) is 0 Å². The molecule has 1 aromatic rings. The quantitative estimate of drug-likeness (QED) is 0.865. The maximum absolute atomic E-state index is 13.3. The van der Waals surface area contributed by atoms with Gasteiger partial charge in [0.15, 0.2) is 5.82 Å². The summed E-state index contributed by atoms with van der Waals surface area (Å²) in [4.78, 5) is 17.5. The molecular weight excluding hydrogens is 233 g/mol. The zero-order valence-corrected chi connectivity index (χ0v) is 11.3. The maximum atomic E-state index is 13.3. The van der Waals surface area contributed by atoms with Crippen molar-refractivity contribution in [2.45, 2.75) is 13.8 Å². The molecule has 0 radical (unpaired) electrons. The van der Waals surface area contributed by atoms with E-state index in [1.165, 1.54) is 12.3 Å². The molecule has 1 N–H and O–H groups in total. The zero-order chi connectivity index (χ0) is 13.8. The average molecular weight is 253 g/mol. The van der Waals surface area contributed by atoms with Crippen LogP contribution in [0, 0.1) is 11.2 Å². The molecule has 0 aliphatic rings. The molecule has 1 amide bonds. The zero-order valence-electron chi connectivity index (χ0n) is 11.3. The maximum Gasteiger partial charge on any atom is 0.254 e. The second kappa shape index (κ2) is 5.91.